The lowest BCUT2D eigenvalue weighted by atomic mass is 9.70. The minimum absolute atomic E-state index is 0.529. The largest absolute Gasteiger partial charge is 0.255 e. The summed E-state index contributed by atoms with van der Waals surface area (Å²) in [6.07, 6.45) is 3.91. The van der Waals surface area contributed by atoms with E-state index in [1.807, 2.05) is 35.1 Å². The van der Waals surface area contributed by atoms with Gasteiger partial charge in [0.05, 0.1) is 22.2 Å². The molecule has 12 aromatic carbocycles. The molecular weight excluding hydrogens is 1100 g/mol. The summed E-state index contributed by atoms with van der Waals surface area (Å²) in [6, 6.07) is 105. The Morgan fingerprint density at radius 1 is 0.216 bits per heavy atom. The minimum atomic E-state index is -0.529. The molecule has 0 saturated carbocycles. The van der Waals surface area contributed by atoms with E-state index in [1.165, 1.54) is 152 Å². The summed E-state index contributed by atoms with van der Waals surface area (Å²) >= 11 is 3.79. The first kappa shape index (κ1) is 48.6. The van der Waals surface area contributed by atoms with E-state index in [4.69, 9.17) is 9.97 Å². The van der Waals surface area contributed by atoms with Gasteiger partial charge in [0.1, 0.15) is 0 Å². The number of hydrogen-bond donors (Lipinski definition) is 0. The van der Waals surface area contributed by atoms with Gasteiger partial charge in [0.2, 0.25) is 0 Å². The molecule has 4 aromatic heterocycles. The van der Waals surface area contributed by atoms with Gasteiger partial charge in [-0.05, 0) is 194 Å². The summed E-state index contributed by atoms with van der Waals surface area (Å²) in [6.45, 7) is 0. The third-order valence-corrected chi connectivity index (χ3v) is 22.5. The quantitative estimate of drug-likeness (QED) is 0.172. The van der Waals surface area contributed by atoms with E-state index in [1.54, 1.807) is 0 Å². The van der Waals surface area contributed by atoms with Crippen LogP contribution in [0.3, 0.4) is 0 Å². The van der Waals surface area contributed by atoms with Gasteiger partial charge in [-0.1, -0.05) is 218 Å². The highest BCUT2D eigenvalue weighted by Crippen LogP contribution is 2.66. The number of thiophene rings is 2. The molecule has 0 atom stereocenters. The molecule has 0 fully saturated rings. The van der Waals surface area contributed by atoms with Crippen LogP contribution < -0.4 is 0 Å². The van der Waals surface area contributed by atoms with E-state index >= 15 is 0 Å². The minimum Gasteiger partial charge on any atom is -0.255 e. The summed E-state index contributed by atoms with van der Waals surface area (Å²) in [5, 5.41) is 5.26. The van der Waals surface area contributed by atoms with Crippen LogP contribution in [0.4, 0.5) is 0 Å². The summed E-state index contributed by atoms with van der Waals surface area (Å²) in [5.74, 6) is 0. The summed E-state index contributed by atoms with van der Waals surface area (Å²) in [4.78, 5) is 10.2. The van der Waals surface area contributed by atoms with Crippen LogP contribution in [0.1, 0.15) is 44.5 Å². The van der Waals surface area contributed by atoms with Crippen LogP contribution in [0.25, 0.3) is 141 Å². The molecule has 4 aliphatic rings. The van der Waals surface area contributed by atoms with E-state index in [9.17, 15) is 0 Å². The van der Waals surface area contributed by atoms with Crippen LogP contribution in [-0.4, -0.2) is 9.97 Å². The van der Waals surface area contributed by atoms with Crippen molar-refractivity contribution in [3.05, 3.63) is 336 Å². The summed E-state index contributed by atoms with van der Waals surface area (Å²) in [7, 11) is 0. The standard InChI is InChI=1S/C84H48N2S2/c1-7-25-69-57(15-1)58-16-2-8-26-70(58)83(69)73-43-49(31-35-61(73)63-37-33-53(45-75(63)83)55-21-13-23-67-65-19-5-11-29-79(65)87-81(55)67)51-39-41-85-77(47-51)78-48-52(40-42-86-78)50-32-36-62-64-38-34-54(56-22-14-24-68-66-20-6-12-30-80(66)88-82(56)68)46-76(64)84(74(62)44-50)71-27-9-3-17-59(71)60-18-4-10-28-72(60)84/h1-48H. The van der Waals surface area contributed by atoms with Crippen LogP contribution in [0.2, 0.25) is 0 Å². The van der Waals surface area contributed by atoms with Crippen molar-refractivity contribution >= 4 is 63.0 Å². The second-order valence-electron chi connectivity index (χ2n) is 24.1. The van der Waals surface area contributed by atoms with Crippen LogP contribution in [0.5, 0.6) is 0 Å². The highest BCUT2D eigenvalue weighted by Gasteiger charge is 2.53. The van der Waals surface area contributed by atoms with Crippen LogP contribution in [0.15, 0.2) is 291 Å². The molecule has 0 radical (unpaired) electrons. The van der Waals surface area contributed by atoms with Crippen molar-refractivity contribution in [2.24, 2.45) is 0 Å². The third-order valence-electron chi connectivity index (χ3n) is 20.1. The maximum Gasteiger partial charge on any atom is 0.0892 e. The first-order chi connectivity index (χ1) is 43.6. The molecular formula is C84H48N2S2. The van der Waals surface area contributed by atoms with Crippen molar-refractivity contribution < 1.29 is 0 Å². The molecule has 0 saturated heterocycles. The summed E-state index contributed by atoms with van der Waals surface area (Å²) < 4.78 is 5.29. The van der Waals surface area contributed by atoms with E-state index in [-0.39, 0.29) is 0 Å². The van der Waals surface area contributed by atoms with Gasteiger partial charge in [0.15, 0.2) is 0 Å². The molecule has 0 unspecified atom stereocenters. The lowest BCUT2D eigenvalue weighted by Crippen LogP contribution is -2.26. The zero-order valence-electron chi connectivity index (χ0n) is 47.4. The first-order valence-corrected chi connectivity index (χ1v) is 32.0. The smallest absolute Gasteiger partial charge is 0.0892 e. The highest BCUT2D eigenvalue weighted by atomic mass is 32.1. The molecule has 0 aliphatic heterocycles. The molecule has 88 heavy (non-hydrogen) atoms. The highest BCUT2D eigenvalue weighted by molar-refractivity contribution is 7.26. The number of nitrogens with zero attached hydrogens (tertiary/aromatic N) is 2. The first-order valence-electron chi connectivity index (χ1n) is 30.3. The maximum atomic E-state index is 5.08. The molecule has 2 nitrogen and oxygen atoms in total. The van der Waals surface area contributed by atoms with Gasteiger partial charge in [-0.15, -0.1) is 22.7 Å². The third kappa shape index (κ3) is 6.39. The number of hydrogen-bond acceptors (Lipinski definition) is 4. The second-order valence-corrected chi connectivity index (χ2v) is 26.2. The fourth-order valence-electron chi connectivity index (χ4n) is 16.4. The predicted octanol–water partition coefficient (Wildman–Crippen LogP) is 22.2. The van der Waals surface area contributed by atoms with Crippen LogP contribution >= 0.6 is 22.7 Å². The van der Waals surface area contributed by atoms with Gasteiger partial charge in [0, 0.05) is 52.7 Å². The monoisotopic (exact) mass is 1150 g/mol. The number of aromatic nitrogens is 2. The van der Waals surface area contributed by atoms with Gasteiger partial charge in [0.25, 0.3) is 0 Å². The number of pyridine rings is 2. The molecule has 0 N–H and O–H groups in total. The van der Waals surface area contributed by atoms with Crippen molar-refractivity contribution in [3.63, 3.8) is 0 Å². The zero-order chi connectivity index (χ0) is 57.4. The normalized spacial score (nSPS) is 13.9. The second kappa shape index (κ2) is 18.0. The molecule has 4 aliphatic carbocycles. The molecule has 0 amide bonds. The number of benzene rings is 12. The number of fused-ring (bicyclic) bond motifs is 26. The van der Waals surface area contributed by atoms with Gasteiger partial charge >= 0.3 is 0 Å². The Kier molecular flexibility index (Phi) is 9.93. The van der Waals surface area contributed by atoms with Crippen LogP contribution in [0, 0.1) is 0 Å². The van der Waals surface area contributed by atoms with Crippen LogP contribution in [-0.2, 0) is 10.8 Å². The predicted molar refractivity (Wildman–Crippen MR) is 368 cm³/mol. The Labute approximate surface area is 516 Å². The number of rotatable bonds is 5. The fourth-order valence-corrected chi connectivity index (χ4v) is 18.9. The Balaban J connectivity index is 0.707. The van der Waals surface area contributed by atoms with Gasteiger partial charge in [-0.25, -0.2) is 0 Å². The molecule has 4 heteroatoms. The summed E-state index contributed by atoms with van der Waals surface area (Å²) in [5.41, 5.74) is 31.0. The SMILES string of the molecule is c1ccc2c(c1)-c1ccccc1C21c2cc(-c3ccnc(-c4cc(-c5ccc6c(c5)C5(c7ccccc7-c7ccccc75)c5cc(-c7cccc8c7sc7ccccc78)ccc5-6)ccn4)c3)ccc2-c2ccc(-c3cccc4c3sc3ccccc34)cc21. The molecule has 4 heterocycles. The van der Waals surface area contributed by atoms with Gasteiger partial charge < -0.3 is 0 Å². The average molecular weight is 1150 g/mol. The topological polar surface area (TPSA) is 25.8 Å². The lowest BCUT2D eigenvalue weighted by Gasteiger charge is -2.31. The molecule has 16 aromatic rings. The Hall–Kier alpha value is -10.6. The Morgan fingerprint density at radius 2 is 0.511 bits per heavy atom. The average Bonchev–Trinajstić information content (AvgIpc) is 1.53. The van der Waals surface area contributed by atoms with E-state index in [0.717, 1.165) is 33.6 Å². The van der Waals surface area contributed by atoms with Gasteiger partial charge in [-0.2, -0.15) is 0 Å². The Bertz CT molecular complexity index is 5290. The Morgan fingerprint density at radius 3 is 0.909 bits per heavy atom. The van der Waals surface area contributed by atoms with Crippen molar-refractivity contribution in [3.8, 4) is 100 Å². The lowest BCUT2D eigenvalue weighted by molar-refractivity contribution is 0.794. The van der Waals surface area contributed by atoms with E-state index < -0.39 is 10.8 Å². The molecule has 20 rings (SSSR count). The maximum absolute atomic E-state index is 5.08. The fraction of sp³-hybridized carbons (Fsp3) is 0.0238. The molecule has 406 valence electrons. The molecule has 0 bridgehead atoms. The van der Waals surface area contributed by atoms with Crippen molar-refractivity contribution in [1.82, 2.24) is 9.97 Å². The zero-order valence-corrected chi connectivity index (χ0v) is 49.1. The van der Waals surface area contributed by atoms with Crippen molar-refractivity contribution in [2.45, 2.75) is 10.8 Å². The van der Waals surface area contributed by atoms with Crippen molar-refractivity contribution in [2.75, 3.05) is 0 Å². The van der Waals surface area contributed by atoms with Gasteiger partial charge in [-0.3, -0.25) is 9.97 Å². The molecule has 2 spiro atoms. The van der Waals surface area contributed by atoms with Crippen molar-refractivity contribution in [1.29, 1.82) is 0 Å². The van der Waals surface area contributed by atoms with E-state index in [0.29, 0.717) is 0 Å². The van der Waals surface area contributed by atoms with E-state index in [2.05, 4.69) is 279 Å².